The minimum atomic E-state index is -0.0927. The van der Waals surface area contributed by atoms with Gasteiger partial charge in [-0.25, -0.2) is 0 Å². The molecule has 0 saturated carbocycles. The highest BCUT2D eigenvalue weighted by Crippen LogP contribution is 2.16. The Morgan fingerprint density at radius 1 is 0.960 bits per heavy atom. The minimum absolute atomic E-state index is 0.0499. The Hall–Kier alpha value is -2.66. The summed E-state index contributed by atoms with van der Waals surface area (Å²) in [6, 6.07) is 17.2. The van der Waals surface area contributed by atoms with Crippen LogP contribution >= 0.6 is 0 Å². The molecule has 2 aromatic carbocycles. The largest absolute Gasteiger partial charge is 0.326 e. The second kappa shape index (κ2) is 8.99. The maximum Gasteiger partial charge on any atom is 0.238 e. The average Bonchev–Trinajstić information content (AvgIpc) is 2.55. The maximum atomic E-state index is 12.2. The SMILES string of the molecule is CC(C)C(=O)Nc1cccc(NC(=O)CN(C)Cc2ccccc2)c1. The molecule has 0 aliphatic carbocycles. The van der Waals surface area contributed by atoms with Gasteiger partial charge in [-0.2, -0.15) is 0 Å². The molecule has 0 fully saturated rings. The molecule has 0 unspecified atom stereocenters. The van der Waals surface area contributed by atoms with Crippen molar-refractivity contribution in [3.63, 3.8) is 0 Å². The van der Waals surface area contributed by atoms with Gasteiger partial charge in [0.1, 0.15) is 0 Å². The molecule has 0 aliphatic rings. The summed E-state index contributed by atoms with van der Waals surface area (Å²) in [5.74, 6) is -0.235. The predicted molar refractivity (Wildman–Crippen MR) is 101 cm³/mol. The molecular formula is C20H25N3O2. The molecule has 0 saturated heterocycles. The van der Waals surface area contributed by atoms with Gasteiger partial charge in [-0.3, -0.25) is 14.5 Å². The van der Waals surface area contributed by atoms with Gasteiger partial charge in [-0.15, -0.1) is 0 Å². The predicted octanol–water partition coefficient (Wildman–Crippen LogP) is 3.35. The van der Waals surface area contributed by atoms with E-state index in [4.69, 9.17) is 0 Å². The number of hydrogen-bond acceptors (Lipinski definition) is 3. The van der Waals surface area contributed by atoms with Crippen molar-refractivity contribution in [2.24, 2.45) is 5.92 Å². The molecule has 0 radical (unpaired) electrons. The van der Waals surface area contributed by atoms with Crippen LogP contribution in [-0.4, -0.2) is 30.3 Å². The van der Waals surface area contributed by atoms with Crippen LogP contribution in [0.1, 0.15) is 19.4 Å². The molecule has 0 heterocycles. The van der Waals surface area contributed by atoms with E-state index in [0.29, 0.717) is 17.9 Å². The highest BCUT2D eigenvalue weighted by atomic mass is 16.2. The van der Waals surface area contributed by atoms with E-state index in [1.807, 2.05) is 56.1 Å². The fraction of sp³-hybridized carbons (Fsp3) is 0.300. The van der Waals surface area contributed by atoms with Crippen LogP contribution in [0.2, 0.25) is 0 Å². The molecule has 132 valence electrons. The molecule has 0 aromatic heterocycles. The molecule has 25 heavy (non-hydrogen) atoms. The number of carbonyl (C=O) groups excluding carboxylic acids is 2. The molecule has 5 nitrogen and oxygen atoms in total. The van der Waals surface area contributed by atoms with Gasteiger partial charge < -0.3 is 10.6 Å². The summed E-state index contributed by atoms with van der Waals surface area (Å²) < 4.78 is 0. The van der Waals surface area contributed by atoms with Crippen molar-refractivity contribution in [3.05, 3.63) is 60.2 Å². The van der Waals surface area contributed by atoms with Crippen LogP contribution in [-0.2, 0) is 16.1 Å². The lowest BCUT2D eigenvalue weighted by Gasteiger charge is -2.16. The van der Waals surface area contributed by atoms with E-state index >= 15 is 0 Å². The van der Waals surface area contributed by atoms with Crippen LogP contribution < -0.4 is 10.6 Å². The number of benzene rings is 2. The fourth-order valence-electron chi connectivity index (χ4n) is 2.36. The van der Waals surface area contributed by atoms with Crippen molar-refractivity contribution in [1.29, 1.82) is 0 Å². The first kappa shape index (κ1) is 18.7. The quantitative estimate of drug-likeness (QED) is 0.813. The first-order chi connectivity index (χ1) is 11.9. The van der Waals surface area contributed by atoms with E-state index in [2.05, 4.69) is 10.6 Å². The summed E-state index contributed by atoms with van der Waals surface area (Å²) in [5, 5.41) is 5.70. The van der Waals surface area contributed by atoms with Crippen LogP contribution in [0.4, 0.5) is 11.4 Å². The third-order valence-electron chi connectivity index (χ3n) is 3.65. The van der Waals surface area contributed by atoms with E-state index in [0.717, 1.165) is 5.56 Å². The first-order valence-corrected chi connectivity index (χ1v) is 8.37. The minimum Gasteiger partial charge on any atom is -0.326 e. The van der Waals surface area contributed by atoms with Gasteiger partial charge in [0.15, 0.2) is 0 Å². The maximum absolute atomic E-state index is 12.2. The molecule has 0 aliphatic heterocycles. The van der Waals surface area contributed by atoms with E-state index in [9.17, 15) is 9.59 Å². The second-order valence-corrected chi connectivity index (χ2v) is 6.43. The van der Waals surface area contributed by atoms with E-state index in [1.165, 1.54) is 0 Å². The summed E-state index contributed by atoms with van der Waals surface area (Å²) in [5.41, 5.74) is 2.50. The summed E-state index contributed by atoms with van der Waals surface area (Å²) in [4.78, 5) is 25.9. The van der Waals surface area contributed by atoms with Crippen molar-refractivity contribution >= 4 is 23.2 Å². The van der Waals surface area contributed by atoms with Crippen molar-refractivity contribution in [1.82, 2.24) is 4.90 Å². The van der Waals surface area contributed by atoms with Gasteiger partial charge in [0.2, 0.25) is 11.8 Å². The van der Waals surface area contributed by atoms with Crippen LogP contribution in [0.3, 0.4) is 0 Å². The summed E-state index contributed by atoms with van der Waals surface area (Å²) >= 11 is 0. The van der Waals surface area contributed by atoms with Gasteiger partial charge in [0.05, 0.1) is 6.54 Å². The highest BCUT2D eigenvalue weighted by Gasteiger charge is 2.10. The molecular weight excluding hydrogens is 314 g/mol. The van der Waals surface area contributed by atoms with Crippen molar-refractivity contribution < 1.29 is 9.59 Å². The zero-order valence-electron chi connectivity index (χ0n) is 15.0. The number of nitrogens with zero attached hydrogens (tertiary/aromatic N) is 1. The number of nitrogens with one attached hydrogen (secondary N) is 2. The zero-order chi connectivity index (χ0) is 18.2. The monoisotopic (exact) mass is 339 g/mol. The smallest absolute Gasteiger partial charge is 0.238 e. The number of rotatable bonds is 7. The van der Waals surface area contributed by atoms with Crippen LogP contribution in [0, 0.1) is 5.92 Å². The lowest BCUT2D eigenvalue weighted by Crippen LogP contribution is -2.29. The van der Waals surface area contributed by atoms with Gasteiger partial charge >= 0.3 is 0 Å². The molecule has 5 heteroatoms. The Morgan fingerprint density at radius 2 is 1.60 bits per heavy atom. The summed E-state index contributed by atoms with van der Waals surface area (Å²) in [6.45, 7) is 4.67. The summed E-state index contributed by atoms with van der Waals surface area (Å²) in [6.07, 6.45) is 0. The Bertz CT molecular complexity index is 714. The van der Waals surface area contributed by atoms with E-state index in [1.54, 1.807) is 24.3 Å². The average molecular weight is 339 g/mol. The Morgan fingerprint density at radius 3 is 2.24 bits per heavy atom. The molecule has 0 atom stereocenters. The standard InChI is InChI=1S/C20H25N3O2/c1-15(2)20(25)22-18-11-7-10-17(12-18)21-19(24)14-23(3)13-16-8-5-4-6-9-16/h4-12,15H,13-14H2,1-3H3,(H,21,24)(H,22,25). The van der Waals surface area contributed by atoms with Gasteiger partial charge in [-0.05, 0) is 30.8 Å². The molecule has 2 N–H and O–H groups in total. The van der Waals surface area contributed by atoms with E-state index in [-0.39, 0.29) is 24.3 Å². The number of hydrogen-bond donors (Lipinski definition) is 2. The number of likely N-dealkylation sites (N-methyl/N-ethyl adjacent to an activating group) is 1. The summed E-state index contributed by atoms with van der Waals surface area (Å²) in [7, 11) is 1.91. The van der Waals surface area contributed by atoms with Gasteiger partial charge in [-0.1, -0.05) is 50.2 Å². The molecule has 0 bridgehead atoms. The van der Waals surface area contributed by atoms with Crippen molar-refractivity contribution in [3.8, 4) is 0 Å². The number of anilines is 2. The van der Waals surface area contributed by atoms with Crippen LogP contribution in [0.5, 0.6) is 0 Å². The first-order valence-electron chi connectivity index (χ1n) is 8.37. The van der Waals surface area contributed by atoms with Crippen LogP contribution in [0.15, 0.2) is 54.6 Å². The third-order valence-corrected chi connectivity index (χ3v) is 3.65. The fourth-order valence-corrected chi connectivity index (χ4v) is 2.36. The lowest BCUT2D eigenvalue weighted by atomic mass is 10.2. The molecule has 2 rings (SSSR count). The molecule has 2 aromatic rings. The Balaban J connectivity index is 1.88. The van der Waals surface area contributed by atoms with Crippen molar-refractivity contribution in [2.45, 2.75) is 20.4 Å². The Kier molecular flexibility index (Phi) is 6.71. The molecule has 2 amide bonds. The van der Waals surface area contributed by atoms with Crippen molar-refractivity contribution in [2.75, 3.05) is 24.2 Å². The Labute approximate surface area is 149 Å². The highest BCUT2D eigenvalue weighted by molar-refractivity contribution is 5.95. The lowest BCUT2D eigenvalue weighted by molar-refractivity contribution is -0.119. The normalized spacial score (nSPS) is 10.8. The third kappa shape index (κ3) is 6.39. The van der Waals surface area contributed by atoms with Gasteiger partial charge in [0.25, 0.3) is 0 Å². The topological polar surface area (TPSA) is 61.4 Å². The number of carbonyl (C=O) groups is 2. The van der Waals surface area contributed by atoms with Crippen LogP contribution in [0.25, 0.3) is 0 Å². The second-order valence-electron chi connectivity index (χ2n) is 6.43. The van der Waals surface area contributed by atoms with Gasteiger partial charge in [0, 0.05) is 23.8 Å². The van der Waals surface area contributed by atoms with E-state index < -0.39 is 0 Å². The number of amides is 2. The zero-order valence-corrected chi connectivity index (χ0v) is 15.0. The molecule has 0 spiro atoms.